The number of benzene rings is 2. The highest BCUT2D eigenvalue weighted by Crippen LogP contribution is 2.44. The van der Waals surface area contributed by atoms with E-state index in [-0.39, 0.29) is 36.8 Å². The molecular formula is C27H34N2O5. The fourth-order valence-corrected chi connectivity index (χ4v) is 4.53. The van der Waals surface area contributed by atoms with Crippen LogP contribution in [0.25, 0.3) is 11.1 Å². The molecule has 182 valence electrons. The van der Waals surface area contributed by atoms with E-state index in [9.17, 15) is 14.4 Å². The zero-order valence-electron chi connectivity index (χ0n) is 20.3. The molecule has 1 aliphatic rings. The summed E-state index contributed by atoms with van der Waals surface area (Å²) in [6.07, 6.45) is -0.206. The lowest BCUT2D eigenvalue weighted by Crippen LogP contribution is -2.44. The Labute approximate surface area is 200 Å². The first kappa shape index (κ1) is 25.3. The van der Waals surface area contributed by atoms with E-state index in [1.807, 2.05) is 45.0 Å². The van der Waals surface area contributed by atoms with E-state index in [2.05, 4.69) is 34.9 Å². The minimum absolute atomic E-state index is 0.0383. The van der Waals surface area contributed by atoms with Crippen molar-refractivity contribution in [2.45, 2.75) is 52.5 Å². The van der Waals surface area contributed by atoms with Crippen molar-refractivity contribution >= 4 is 18.0 Å². The molecule has 0 aromatic heterocycles. The first-order valence-corrected chi connectivity index (χ1v) is 11.7. The summed E-state index contributed by atoms with van der Waals surface area (Å²) in [5.74, 6) is -1.79. The number of carboxylic acids is 1. The zero-order valence-corrected chi connectivity index (χ0v) is 20.3. The summed E-state index contributed by atoms with van der Waals surface area (Å²) in [6, 6.07) is 15.8. The van der Waals surface area contributed by atoms with Crippen molar-refractivity contribution in [2.75, 3.05) is 13.2 Å². The molecule has 0 radical (unpaired) electrons. The Morgan fingerprint density at radius 2 is 1.56 bits per heavy atom. The first-order chi connectivity index (χ1) is 16.0. The molecule has 1 aliphatic carbocycles. The number of ether oxygens (including phenoxy) is 1. The average molecular weight is 467 g/mol. The molecule has 0 spiro atoms. The highest BCUT2D eigenvalue weighted by Gasteiger charge is 2.30. The van der Waals surface area contributed by atoms with E-state index in [0.29, 0.717) is 6.42 Å². The fourth-order valence-electron chi connectivity index (χ4n) is 4.53. The Morgan fingerprint density at radius 3 is 2.09 bits per heavy atom. The number of carboxylic acid groups (broad SMARTS) is 1. The van der Waals surface area contributed by atoms with Crippen LogP contribution < -0.4 is 10.6 Å². The standard InChI is InChI=1S/C27H34N2O5/c1-17(13-24(30)31)29-25(32)18(14-27(2,3)4)15-28-26(33)34-16-23-21-11-7-5-9-19(21)20-10-6-8-12-22(20)23/h5-12,17-18,23H,13-16H2,1-4H3,(H,28,33)(H,29,32)(H,30,31). The summed E-state index contributed by atoms with van der Waals surface area (Å²) in [5.41, 5.74) is 4.43. The Balaban J connectivity index is 1.60. The highest BCUT2D eigenvalue weighted by molar-refractivity contribution is 5.81. The largest absolute Gasteiger partial charge is 0.481 e. The van der Waals surface area contributed by atoms with Gasteiger partial charge in [-0.3, -0.25) is 9.59 Å². The van der Waals surface area contributed by atoms with Gasteiger partial charge in [-0.15, -0.1) is 0 Å². The molecule has 0 bridgehead atoms. The summed E-state index contributed by atoms with van der Waals surface area (Å²) in [6.45, 7) is 8.01. The molecular weight excluding hydrogens is 432 g/mol. The summed E-state index contributed by atoms with van der Waals surface area (Å²) in [7, 11) is 0. The number of fused-ring (bicyclic) bond motifs is 3. The minimum atomic E-state index is -0.975. The third-order valence-electron chi connectivity index (χ3n) is 5.94. The smallest absolute Gasteiger partial charge is 0.407 e. The highest BCUT2D eigenvalue weighted by atomic mass is 16.5. The van der Waals surface area contributed by atoms with E-state index < -0.39 is 24.0 Å². The molecule has 7 nitrogen and oxygen atoms in total. The van der Waals surface area contributed by atoms with Gasteiger partial charge in [-0.1, -0.05) is 69.3 Å². The van der Waals surface area contributed by atoms with Crippen LogP contribution in [-0.4, -0.2) is 42.3 Å². The maximum absolute atomic E-state index is 12.8. The molecule has 0 fully saturated rings. The van der Waals surface area contributed by atoms with Crippen molar-refractivity contribution in [3.8, 4) is 11.1 Å². The van der Waals surface area contributed by atoms with Gasteiger partial charge >= 0.3 is 12.1 Å². The van der Waals surface area contributed by atoms with Gasteiger partial charge in [0.25, 0.3) is 0 Å². The van der Waals surface area contributed by atoms with Gasteiger partial charge in [0.15, 0.2) is 0 Å². The Kier molecular flexibility index (Phi) is 7.97. The number of hydrogen-bond donors (Lipinski definition) is 3. The van der Waals surface area contributed by atoms with Gasteiger partial charge in [0.05, 0.1) is 12.3 Å². The number of rotatable bonds is 9. The van der Waals surface area contributed by atoms with Crippen LogP contribution in [0.1, 0.15) is 57.6 Å². The summed E-state index contributed by atoms with van der Waals surface area (Å²) in [5, 5.41) is 14.4. The van der Waals surface area contributed by atoms with Gasteiger partial charge < -0.3 is 20.5 Å². The van der Waals surface area contributed by atoms with Crippen LogP contribution in [0.3, 0.4) is 0 Å². The Morgan fingerprint density at radius 1 is 1.00 bits per heavy atom. The van der Waals surface area contributed by atoms with Gasteiger partial charge in [0.2, 0.25) is 5.91 Å². The van der Waals surface area contributed by atoms with Crippen molar-refractivity contribution in [2.24, 2.45) is 11.3 Å². The molecule has 3 N–H and O–H groups in total. The molecule has 2 aromatic rings. The molecule has 2 atom stereocenters. The van der Waals surface area contributed by atoms with Crippen molar-refractivity contribution in [1.82, 2.24) is 10.6 Å². The Bertz CT molecular complexity index is 998. The number of amides is 2. The SMILES string of the molecule is CC(CC(=O)O)NC(=O)C(CNC(=O)OCC1c2ccccc2-c2ccccc21)CC(C)(C)C. The topological polar surface area (TPSA) is 105 Å². The lowest BCUT2D eigenvalue weighted by molar-refractivity contribution is -0.137. The summed E-state index contributed by atoms with van der Waals surface area (Å²) in [4.78, 5) is 36.2. The maximum atomic E-state index is 12.8. The quantitative estimate of drug-likeness (QED) is 0.503. The normalized spacial score (nSPS) is 14.5. The van der Waals surface area contributed by atoms with E-state index in [1.165, 1.54) is 0 Å². The second-order valence-corrected chi connectivity index (χ2v) is 10.2. The Hall–Kier alpha value is -3.35. The van der Waals surface area contributed by atoms with E-state index >= 15 is 0 Å². The van der Waals surface area contributed by atoms with Gasteiger partial charge in [-0.2, -0.15) is 0 Å². The van der Waals surface area contributed by atoms with Crippen LogP contribution in [0.5, 0.6) is 0 Å². The molecule has 7 heteroatoms. The van der Waals surface area contributed by atoms with Gasteiger partial charge in [0.1, 0.15) is 6.61 Å². The predicted molar refractivity (Wildman–Crippen MR) is 130 cm³/mol. The van der Waals surface area contributed by atoms with Gasteiger partial charge in [0, 0.05) is 18.5 Å². The van der Waals surface area contributed by atoms with Crippen molar-refractivity contribution in [3.63, 3.8) is 0 Å². The number of aliphatic carboxylic acids is 1. The first-order valence-electron chi connectivity index (χ1n) is 11.7. The molecule has 3 rings (SSSR count). The third-order valence-corrected chi connectivity index (χ3v) is 5.94. The summed E-state index contributed by atoms with van der Waals surface area (Å²) >= 11 is 0. The predicted octanol–water partition coefficient (Wildman–Crippen LogP) is 4.56. The van der Waals surface area contributed by atoms with Crippen LogP contribution in [0.4, 0.5) is 4.79 Å². The second kappa shape index (κ2) is 10.7. The van der Waals surface area contributed by atoms with Crippen molar-refractivity contribution in [1.29, 1.82) is 0 Å². The van der Waals surface area contributed by atoms with E-state index in [0.717, 1.165) is 22.3 Å². The maximum Gasteiger partial charge on any atom is 0.407 e. The van der Waals surface area contributed by atoms with Crippen LogP contribution >= 0.6 is 0 Å². The zero-order chi connectivity index (χ0) is 24.9. The average Bonchev–Trinajstić information content (AvgIpc) is 3.07. The number of alkyl carbamates (subject to hydrolysis) is 1. The molecule has 0 aliphatic heterocycles. The van der Waals surface area contributed by atoms with Gasteiger partial charge in [-0.25, -0.2) is 4.79 Å². The molecule has 0 saturated carbocycles. The lowest BCUT2D eigenvalue weighted by Gasteiger charge is -2.26. The molecule has 2 amide bonds. The monoisotopic (exact) mass is 466 g/mol. The molecule has 0 heterocycles. The number of hydrogen-bond acceptors (Lipinski definition) is 4. The number of nitrogens with one attached hydrogen (secondary N) is 2. The van der Waals surface area contributed by atoms with E-state index in [4.69, 9.17) is 9.84 Å². The summed E-state index contributed by atoms with van der Waals surface area (Å²) < 4.78 is 5.57. The van der Waals surface area contributed by atoms with Crippen molar-refractivity contribution < 1.29 is 24.2 Å². The third kappa shape index (κ3) is 6.59. The number of carbonyl (C=O) groups excluding carboxylic acids is 2. The van der Waals surface area contributed by atoms with Crippen LogP contribution in [0, 0.1) is 11.3 Å². The van der Waals surface area contributed by atoms with Crippen LogP contribution in [-0.2, 0) is 14.3 Å². The molecule has 2 aromatic carbocycles. The van der Waals surface area contributed by atoms with Crippen LogP contribution in [0.2, 0.25) is 0 Å². The van der Waals surface area contributed by atoms with Crippen LogP contribution in [0.15, 0.2) is 48.5 Å². The van der Waals surface area contributed by atoms with E-state index in [1.54, 1.807) is 6.92 Å². The second-order valence-electron chi connectivity index (χ2n) is 10.2. The molecule has 0 saturated heterocycles. The number of carbonyl (C=O) groups is 3. The minimum Gasteiger partial charge on any atom is -0.481 e. The van der Waals surface area contributed by atoms with Crippen molar-refractivity contribution in [3.05, 3.63) is 59.7 Å². The lowest BCUT2D eigenvalue weighted by atomic mass is 9.84. The fraction of sp³-hybridized carbons (Fsp3) is 0.444. The van der Waals surface area contributed by atoms with Gasteiger partial charge in [-0.05, 0) is 41.0 Å². The molecule has 34 heavy (non-hydrogen) atoms. The molecule has 2 unspecified atom stereocenters.